The molecule has 0 aromatic heterocycles. The molecule has 0 aliphatic heterocycles. The van der Waals surface area contributed by atoms with Gasteiger partial charge in [0.25, 0.3) is 0 Å². The minimum Gasteiger partial charge on any atom is -0.478 e. The van der Waals surface area contributed by atoms with Crippen LogP contribution in [0.3, 0.4) is 0 Å². The normalized spacial score (nSPS) is 9.62. The fraction of sp³-hybridized carbons (Fsp3) is 0.111. The fourth-order valence-electron chi connectivity index (χ4n) is 1.10. The van der Waals surface area contributed by atoms with Crippen molar-refractivity contribution in [3.63, 3.8) is 0 Å². The number of aromatic carboxylic acids is 2. The van der Waals surface area contributed by atoms with Crippen molar-refractivity contribution >= 4 is 11.9 Å². The van der Waals surface area contributed by atoms with E-state index in [4.69, 9.17) is 10.2 Å². The van der Waals surface area contributed by atoms with Crippen molar-refractivity contribution in [2.75, 3.05) is 0 Å². The first-order valence-corrected chi connectivity index (χ1v) is 3.60. The molecule has 0 heterocycles. The molecule has 1 rings (SSSR count). The minimum atomic E-state index is -1.11. The molecule has 4 nitrogen and oxygen atoms in total. The summed E-state index contributed by atoms with van der Waals surface area (Å²) in [5, 5.41) is 17.4. The lowest BCUT2D eigenvalue weighted by molar-refractivity contribution is 0.0696. The van der Waals surface area contributed by atoms with E-state index in [1.54, 1.807) is 0 Å². The van der Waals surface area contributed by atoms with Crippen LogP contribution in [0.15, 0.2) is 18.2 Å². The zero-order valence-corrected chi connectivity index (χ0v) is 6.94. The highest BCUT2D eigenvalue weighted by atomic mass is 16.4. The molecule has 0 unspecified atom stereocenters. The Labute approximate surface area is 83.3 Å². The summed E-state index contributed by atoms with van der Waals surface area (Å²) in [6, 6.07) is 4.17. The van der Waals surface area contributed by atoms with E-state index in [0.717, 1.165) is 0 Å². The summed E-state index contributed by atoms with van der Waals surface area (Å²) in [5.41, 5.74) is 0.335. The third kappa shape index (κ3) is 1.66. The number of carbonyl (C=O) groups is 2. The van der Waals surface area contributed by atoms with Crippen LogP contribution in [0.2, 0.25) is 0 Å². The molecule has 0 amide bonds. The zero-order valence-electron chi connectivity index (χ0n) is 6.94. The van der Waals surface area contributed by atoms with Crippen LogP contribution in [0.4, 0.5) is 0 Å². The highest BCUT2D eigenvalue weighted by Crippen LogP contribution is 2.13. The van der Waals surface area contributed by atoms with Crippen molar-refractivity contribution in [2.24, 2.45) is 0 Å². The Hall–Kier alpha value is -1.84. The molecule has 0 radical (unpaired) electrons. The lowest BCUT2D eigenvalue weighted by Crippen LogP contribution is -2.06. The number of carboxylic acid groups (broad SMARTS) is 2. The smallest absolute Gasteiger partial charge is 0.335 e. The van der Waals surface area contributed by atoms with E-state index in [2.05, 4.69) is 0 Å². The average molecular weight is 192 g/mol. The van der Waals surface area contributed by atoms with Crippen molar-refractivity contribution in [2.45, 2.75) is 6.92 Å². The van der Waals surface area contributed by atoms with Crippen molar-refractivity contribution in [3.8, 4) is 0 Å². The Morgan fingerprint density at radius 2 is 1.54 bits per heavy atom. The highest BCUT2D eigenvalue weighted by molar-refractivity contribution is 5.96. The maximum atomic E-state index is 10.6. The van der Waals surface area contributed by atoms with Crippen LogP contribution in [-0.4, -0.2) is 22.2 Å². The van der Waals surface area contributed by atoms with Crippen molar-refractivity contribution in [3.05, 3.63) is 34.9 Å². The van der Waals surface area contributed by atoms with E-state index in [1.165, 1.54) is 25.1 Å². The summed E-state index contributed by atoms with van der Waals surface area (Å²) < 4.78 is 0. The molecule has 0 bridgehead atoms. The molecule has 13 heavy (non-hydrogen) atoms. The van der Waals surface area contributed by atoms with Gasteiger partial charge in [0.15, 0.2) is 0 Å². The first-order chi connectivity index (χ1) is 6.04. The van der Waals surface area contributed by atoms with E-state index in [1.807, 2.05) is 0 Å². The third-order valence-corrected chi connectivity index (χ3v) is 1.79. The van der Waals surface area contributed by atoms with Gasteiger partial charge in [0.1, 0.15) is 0 Å². The van der Waals surface area contributed by atoms with Gasteiger partial charge in [0.2, 0.25) is 0 Å². The second-order valence-corrected chi connectivity index (χ2v) is 2.59. The maximum Gasteiger partial charge on any atom is 0.335 e. The first kappa shape index (κ1) is 9.25. The van der Waals surface area contributed by atoms with E-state index >= 15 is 0 Å². The van der Waals surface area contributed by atoms with Gasteiger partial charge >= 0.3 is 11.9 Å². The van der Waals surface area contributed by atoms with Gasteiger partial charge in [-0.05, 0) is 24.6 Å². The second-order valence-electron chi connectivity index (χ2n) is 2.59. The monoisotopic (exact) mass is 192 g/mol. The van der Waals surface area contributed by atoms with Crippen LogP contribution < -0.4 is 0 Å². The van der Waals surface area contributed by atoms with E-state index in [0.29, 0.717) is 0 Å². The molecular formula is C9H20O4. The molecule has 0 aliphatic rings. The van der Waals surface area contributed by atoms with Gasteiger partial charge in [-0.25, -0.2) is 9.59 Å². The van der Waals surface area contributed by atoms with Gasteiger partial charge < -0.3 is 10.2 Å². The SMILES string of the molecule is Cc1c(C(=O)O)cccc1C(=O)O.[HH].[HH].[HH].[HH].[HH].[HH]. The summed E-state index contributed by atoms with van der Waals surface area (Å²) in [4.78, 5) is 21.2. The molecule has 0 spiro atoms. The standard InChI is InChI=1S/C9H8O4.6H2/c1-5-6(8(10)11)3-2-4-7(5)9(12)13;;;;;;/h2-4H,1H3,(H,10,11)(H,12,13);6*1H. The quantitative estimate of drug-likeness (QED) is 0.755. The number of benzene rings is 1. The second kappa shape index (κ2) is 3.26. The van der Waals surface area contributed by atoms with Gasteiger partial charge in [-0.2, -0.15) is 0 Å². The zero-order chi connectivity index (χ0) is 10.0. The Balaban J connectivity index is -0.0000000704. The molecule has 1 aromatic rings. The summed E-state index contributed by atoms with van der Waals surface area (Å²) >= 11 is 0. The van der Waals surface area contributed by atoms with Gasteiger partial charge in [-0.15, -0.1) is 0 Å². The summed E-state index contributed by atoms with van der Waals surface area (Å²) in [7, 11) is 0. The summed E-state index contributed by atoms with van der Waals surface area (Å²) in [5.74, 6) is -2.22. The molecule has 1 aromatic carbocycles. The van der Waals surface area contributed by atoms with Crippen LogP contribution in [0.1, 0.15) is 34.8 Å². The maximum absolute atomic E-state index is 10.6. The third-order valence-electron chi connectivity index (χ3n) is 1.79. The van der Waals surface area contributed by atoms with E-state index < -0.39 is 11.9 Å². The van der Waals surface area contributed by atoms with Crippen molar-refractivity contribution in [1.82, 2.24) is 0 Å². The Morgan fingerprint density at radius 1 is 1.15 bits per heavy atom. The fourth-order valence-corrected chi connectivity index (χ4v) is 1.10. The van der Waals surface area contributed by atoms with Crippen LogP contribution in [0.5, 0.6) is 0 Å². The average Bonchev–Trinajstić information content (AvgIpc) is 2.03. The number of hydrogen-bond acceptors (Lipinski definition) is 2. The van der Waals surface area contributed by atoms with Gasteiger partial charge in [0, 0.05) is 8.56 Å². The number of carboxylic acids is 2. The minimum absolute atomic E-state index is 0. The van der Waals surface area contributed by atoms with Crippen LogP contribution in [0, 0.1) is 6.92 Å². The lowest BCUT2D eigenvalue weighted by Gasteiger charge is -2.03. The first-order valence-electron chi connectivity index (χ1n) is 3.60. The molecule has 2 N–H and O–H groups in total. The topological polar surface area (TPSA) is 74.6 Å². The van der Waals surface area contributed by atoms with Gasteiger partial charge in [-0.1, -0.05) is 6.07 Å². The molecule has 0 atom stereocenters. The Kier molecular flexibility index (Phi) is 2.32. The molecule has 80 valence electrons. The highest BCUT2D eigenvalue weighted by Gasteiger charge is 2.13. The van der Waals surface area contributed by atoms with Crippen molar-refractivity contribution < 1.29 is 28.4 Å². The molecule has 0 fully saturated rings. The van der Waals surface area contributed by atoms with Gasteiger partial charge in [-0.3, -0.25) is 0 Å². The Morgan fingerprint density at radius 3 is 1.85 bits per heavy atom. The van der Waals surface area contributed by atoms with Crippen LogP contribution in [-0.2, 0) is 0 Å². The largest absolute Gasteiger partial charge is 0.478 e. The van der Waals surface area contributed by atoms with E-state index in [9.17, 15) is 9.59 Å². The predicted molar refractivity (Wildman–Crippen MR) is 57.8 cm³/mol. The predicted octanol–water partition coefficient (Wildman–Crippen LogP) is 2.87. The Bertz CT molecular complexity index is 353. The van der Waals surface area contributed by atoms with Crippen LogP contribution in [0.25, 0.3) is 0 Å². The van der Waals surface area contributed by atoms with Crippen LogP contribution >= 0.6 is 0 Å². The van der Waals surface area contributed by atoms with Gasteiger partial charge in [0.05, 0.1) is 11.1 Å². The number of rotatable bonds is 2. The van der Waals surface area contributed by atoms with Crippen molar-refractivity contribution in [1.29, 1.82) is 0 Å². The lowest BCUT2D eigenvalue weighted by atomic mass is 10.0. The molecule has 0 saturated carbocycles. The molecule has 0 aliphatic carbocycles. The van der Waals surface area contributed by atoms with E-state index in [-0.39, 0.29) is 25.3 Å². The summed E-state index contributed by atoms with van der Waals surface area (Å²) in [6.45, 7) is 1.48. The summed E-state index contributed by atoms with van der Waals surface area (Å²) in [6.07, 6.45) is 0. The molecule has 4 heteroatoms. The molecular weight excluding hydrogens is 172 g/mol. The molecule has 0 saturated heterocycles. The number of hydrogen-bond donors (Lipinski definition) is 2.